The van der Waals surface area contributed by atoms with Crippen LogP contribution in [0.5, 0.6) is 0 Å². The molecule has 96 valence electrons. The zero-order valence-electron chi connectivity index (χ0n) is 10.7. The Kier molecular flexibility index (Phi) is 6.28. The average Bonchev–Trinajstić information content (AvgIpc) is 2.31. The van der Waals surface area contributed by atoms with Gasteiger partial charge in [0.15, 0.2) is 0 Å². The molecular formula is C12H26N2O2. The molecule has 1 rings (SSSR count). The van der Waals surface area contributed by atoms with Crippen molar-refractivity contribution in [2.75, 3.05) is 46.0 Å². The van der Waals surface area contributed by atoms with Gasteiger partial charge < -0.3 is 15.2 Å². The predicted octanol–water partition coefficient (Wildman–Crippen LogP) is 0.459. The molecule has 0 aromatic rings. The molecule has 0 aromatic heterocycles. The van der Waals surface area contributed by atoms with Crippen LogP contribution in [-0.4, -0.2) is 61.5 Å². The van der Waals surface area contributed by atoms with E-state index in [9.17, 15) is 0 Å². The van der Waals surface area contributed by atoms with Crippen molar-refractivity contribution in [3.8, 4) is 0 Å². The van der Waals surface area contributed by atoms with Crippen molar-refractivity contribution in [3.05, 3.63) is 0 Å². The molecule has 0 aromatic carbocycles. The summed E-state index contributed by atoms with van der Waals surface area (Å²) in [6.07, 6.45) is 1.88. The quantitative estimate of drug-likeness (QED) is 0.667. The second-order valence-corrected chi connectivity index (χ2v) is 4.77. The van der Waals surface area contributed by atoms with Crippen LogP contribution in [0.2, 0.25) is 0 Å². The predicted molar refractivity (Wildman–Crippen MR) is 65.7 cm³/mol. The molecule has 4 heteroatoms. The summed E-state index contributed by atoms with van der Waals surface area (Å²) < 4.78 is 5.31. The molecule has 0 aliphatic carbocycles. The Morgan fingerprint density at radius 2 is 2.06 bits per heavy atom. The van der Waals surface area contributed by atoms with Gasteiger partial charge in [0.05, 0.1) is 13.2 Å². The lowest BCUT2D eigenvalue weighted by Gasteiger charge is -2.32. The SMILES string of the molecule is CCC(C)(CCO)NCCN1CCOCC1. The fourth-order valence-corrected chi connectivity index (χ4v) is 1.98. The fourth-order valence-electron chi connectivity index (χ4n) is 1.98. The van der Waals surface area contributed by atoms with Crippen LogP contribution in [0, 0.1) is 0 Å². The number of aliphatic hydroxyl groups excluding tert-OH is 1. The Bertz CT molecular complexity index is 184. The minimum absolute atomic E-state index is 0.0844. The number of hydrogen-bond acceptors (Lipinski definition) is 4. The van der Waals surface area contributed by atoms with Crippen LogP contribution in [0.15, 0.2) is 0 Å². The van der Waals surface area contributed by atoms with Crippen molar-refractivity contribution < 1.29 is 9.84 Å². The van der Waals surface area contributed by atoms with Crippen LogP contribution in [-0.2, 0) is 4.74 Å². The van der Waals surface area contributed by atoms with E-state index in [1.54, 1.807) is 0 Å². The highest BCUT2D eigenvalue weighted by atomic mass is 16.5. The minimum atomic E-state index is 0.0844. The van der Waals surface area contributed by atoms with Gasteiger partial charge in [0.25, 0.3) is 0 Å². The van der Waals surface area contributed by atoms with Gasteiger partial charge in [-0.1, -0.05) is 6.92 Å². The lowest BCUT2D eigenvalue weighted by atomic mass is 9.95. The van der Waals surface area contributed by atoms with Gasteiger partial charge in [0, 0.05) is 38.3 Å². The number of nitrogens with one attached hydrogen (secondary N) is 1. The largest absolute Gasteiger partial charge is 0.396 e. The second kappa shape index (κ2) is 7.22. The number of aliphatic hydroxyl groups is 1. The molecule has 1 saturated heterocycles. The Labute approximate surface area is 99.0 Å². The summed E-state index contributed by atoms with van der Waals surface area (Å²) in [5.41, 5.74) is 0.0844. The molecule has 1 atom stereocenters. The Morgan fingerprint density at radius 3 is 2.62 bits per heavy atom. The summed E-state index contributed by atoms with van der Waals surface area (Å²) in [6, 6.07) is 0. The summed E-state index contributed by atoms with van der Waals surface area (Å²) in [4.78, 5) is 2.42. The third-order valence-electron chi connectivity index (χ3n) is 3.53. The summed E-state index contributed by atoms with van der Waals surface area (Å²) >= 11 is 0. The van der Waals surface area contributed by atoms with Gasteiger partial charge in [0.1, 0.15) is 0 Å². The molecule has 16 heavy (non-hydrogen) atoms. The first kappa shape index (κ1) is 13.9. The van der Waals surface area contributed by atoms with Crippen molar-refractivity contribution in [1.82, 2.24) is 10.2 Å². The van der Waals surface area contributed by atoms with E-state index in [0.717, 1.165) is 52.2 Å². The van der Waals surface area contributed by atoms with Crippen LogP contribution in [0.1, 0.15) is 26.7 Å². The average molecular weight is 230 g/mol. The Hall–Kier alpha value is -0.160. The highest BCUT2D eigenvalue weighted by Crippen LogP contribution is 2.13. The minimum Gasteiger partial charge on any atom is -0.396 e. The van der Waals surface area contributed by atoms with E-state index in [-0.39, 0.29) is 12.1 Å². The van der Waals surface area contributed by atoms with Crippen molar-refractivity contribution in [1.29, 1.82) is 0 Å². The first-order chi connectivity index (χ1) is 7.70. The first-order valence-electron chi connectivity index (χ1n) is 6.36. The molecule has 1 aliphatic rings. The zero-order chi connectivity index (χ0) is 11.9. The first-order valence-corrected chi connectivity index (χ1v) is 6.36. The van der Waals surface area contributed by atoms with Crippen LogP contribution in [0.4, 0.5) is 0 Å². The van der Waals surface area contributed by atoms with Gasteiger partial charge in [-0.15, -0.1) is 0 Å². The summed E-state index contributed by atoms with van der Waals surface area (Å²) in [6.45, 7) is 10.5. The van der Waals surface area contributed by atoms with E-state index in [0.29, 0.717) is 0 Å². The lowest BCUT2D eigenvalue weighted by Crippen LogP contribution is -2.47. The highest BCUT2D eigenvalue weighted by Gasteiger charge is 2.20. The standard InChI is InChI=1S/C12H26N2O2/c1-3-12(2,4-9-15)13-5-6-14-7-10-16-11-8-14/h13,15H,3-11H2,1-2H3. The summed E-state index contributed by atoms with van der Waals surface area (Å²) in [5, 5.41) is 12.6. The van der Waals surface area contributed by atoms with E-state index < -0.39 is 0 Å². The van der Waals surface area contributed by atoms with Gasteiger partial charge >= 0.3 is 0 Å². The van der Waals surface area contributed by atoms with Crippen LogP contribution in [0.3, 0.4) is 0 Å². The number of rotatable bonds is 7. The molecule has 2 N–H and O–H groups in total. The number of ether oxygens (including phenoxy) is 1. The maximum atomic E-state index is 9.01. The van der Waals surface area contributed by atoms with Gasteiger partial charge in [-0.2, -0.15) is 0 Å². The molecule has 0 bridgehead atoms. The second-order valence-electron chi connectivity index (χ2n) is 4.77. The van der Waals surface area contributed by atoms with Crippen molar-refractivity contribution >= 4 is 0 Å². The zero-order valence-corrected chi connectivity index (χ0v) is 10.7. The third-order valence-corrected chi connectivity index (χ3v) is 3.53. The van der Waals surface area contributed by atoms with Crippen LogP contribution >= 0.6 is 0 Å². The smallest absolute Gasteiger partial charge is 0.0594 e. The van der Waals surface area contributed by atoms with Gasteiger partial charge in [-0.05, 0) is 19.8 Å². The third kappa shape index (κ3) is 4.78. The number of hydrogen-bond donors (Lipinski definition) is 2. The highest BCUT2D eigenvalue weighted by molar-refractivity contribution is 4.81. The molecule has 1 unspecified atom stereocenters. The molecule has 4 nitrogen and oxygen atoms in total. The number of nitrogens with zero attached hydrogens (tertiary/aromatic N) is 1. The van der Waals surface area contributed by atoms with Crippen molar-refractivity contribution in [3.63, 3.8) is 0 Å². The molecule has 0 spiro atoms. The Balaban J connectivity index is 2.16. The number of morpholine rings is 1. The monoisotopic (exact) mass is 230 g/mol. The Morgan fingerprint density at radius 1 is 1.38 bits per heavy atom. The fraction of sp³-hybridized carbons (Fsp3) is 1.00. The maximum absolute atomic E-state index is 9.01. The lowest BCUT2D eigenvalue weighted by molar-refractivity contribution is 0.0372. The van der Waals surface area contributed by atoms with E-state index in [1.807, 2.05) is 0 Å². The molecule has 1 heterocycles. The van der Waals surface area contributed by atoms with Crippen LogP contribution < -0.4 is 5.32 Å². The van der Waals surface area contributed by atoms with Crippen molar-refractivity contribution in [2.24, 2.45) is 0 Å². The molecule has 1 aliphatic heterocycles. The maximum Gasteiger partial charge on any atom is 0.0594 e. The van der Waals surface area contributed by atoms with Gasteiger partial charge in [-0.25, -0.2) is 0 Å². The molecular weight excluding hydrogens is 204 g/mol. The van der Waals surface area contributed by atoms with Gasteiger partial charge in [0.2, 0.25) is 0 Å². The van der Waals surface area contributed by atoms with Crippen LogP contribution in [0.25, 0.3) is 0 Å². The molecule has 0 amide bonds. The van der Waals surface area contributed by atoms with E-state index in [2.05, 4.69) is 24.1 Å². The van der Waals surface area contributed by atoms with E-state index in [1.165, 1.54) is 0 Å². The molecule has 1 fully saturated rings. The molecule has 0 saturated carbocycles. The van der Waals surface area contributed by atoms with Crippen molar-refractivity contribution in [2.45, 2.75) is 32.2 Å². The van der Waals surface area contributed by atoms with E-state index in [4.69, 9.17) is 9.84 Å². The topological polar surface area (TPSA) is 44.7 Å². The van der Waals surface area contributed by atoms with Gasteiger partial charge in [-0.3, -0.25) is 4.90 Å². The summed E-state index contributed by atoms with van der Waals surface area (Å²) in [7, 11) is 0. The molecule has 0 radical (unpaired) electrons. The van der Waals surface area contributed by atoms with E-state index >= 15 is 0 Å². The normalized spacial score (nSPS) is 21.9. The summed E-state index contributed by atoms with van der Waals surface area (Å²) in [5.74, 6) is 0.